The minimum atomic E-state index is -0.417. The van der Waals surface area contributed by atoms with Crippen LogP contribution in [0.3, 0.4) is 0 Å². The first-order valence-corrected chi connectivity index (χ1v) is 11.9. The highest BCUT2D eigenvalue weighted by Crippen LogP contribution is 2.30. The van der Waals surface area contributed by atoms with Gasteiger partial charge in [0.15, 0.2) is 5.16 Å². The van der Waals surface area contributed by atoms with Crippen molar-refractivity contribution in [3.05, 3.63) is 28.2 Å². The molecule has 31 heavy (non-hydrogen) atoms. The van der Waals surface area contributed by atoms with E-state index >= 15 is 0 Å². The lowest BCUT2D eigenvalue weighted by molar-refractivity contribution is -0.115. The highest BCUT2D eigenvalue weighted by atomic mass is 35.5. The third-order valence-corrected chi connectivity index (χ3v) is 6.88. The van der Waals surface area contributed by atoms with Crippen molar-refractivity contribution in [3.8, 4) is 0 Å². The second-order valence-corrected chi connectivity index (χ2v) is 9.65. The molecule has 1 N–H and O–H groups in total. The third kappa shape index (κ3) is 5.64. The quantitative estimate of drug-likeness (QED) is 0.598. The number of amides is 1. The number of nitrogens with one attached hydrogen (secondary N) is 1. The zero-order chi connectivity index (χ0) is 21.8. The second kappa shape index (κ2) is 10.4. The number of ether oxygens (including phenoxy) is 2. The molecule has 0 spiro atoms. The van der Waals surface area contributed by atoms with Crippen molar-refractivity contribution in [2.24, 2.45) is 0 Å². The zero-order valence-electron chi connectivity index (χ0n) is 17.2. The smallest absolute Gasteiger partial charge is 0.237 e. The first kappa shape index (κ1) is 22.7. The van der Waals surface area contributed by atoms with Crippen LogP contribution < -0.4 is 10.2 Å². The van der Waals surface area contributed by atoms with E-state index in [1.54, 1.807) is 18.2 Å². The number of rotatable bonds is 7. The number of benzene rings is 1. The maximum atomic E-state index is 12.8. The van der Waals surface area contributed by atoms with Gasteiger partial charge in [0.25, 0.3) is 0 Å². The van der Waals surface area contributed by atoms with Crippen LogP contribution in [0, 0.1) is 0 Å². The molecule has 11 heteroatoms. The molecule has 0 bridgehead atoms. The average molecular weight is 486 g/mol. The summed E-state index contributed by atoms with van der Waals surface area (Å²) in [5.41, 5.74) is 0.487. The van der Waals surface area contributed by atoms with Gasteiger partial charge in [-0.15, -0.1) is 10.2 Å². The Morgan fingerprint density at radius 2 is 2.10 bits per heavy atom. The molecule has 3 heterocycles. The lowest BCUT2D eigenvalue weighted by Crippen LogP contribution is -2.38. The summed E-state index contributed by atoms with van der Waals surface area (Å²) in [6, 6.07) is 4.97. The molecular weight excluding hydrogens is 461 g/mol. The van der Waals surface area contributed by atoms with Gasteiger partial charge in [-0.3, -0.25) is 9.36 Å². The third-order valence-electron chi connectivity index (χ3n) is 5.24. The number of thioether (sulfide) groups is 1. The number of aromatic nitrogens is 3. The Labute approximate surface area is 195 Å². The number of hydrogen-bond acceptors (Lipinski definition) is 7. The van der Waals surface area contributed by atoms with Gasteiger partial charge in [-0.2, -0.15) is 0 Å². The van der Waals surface area contributed by atoms with E-state index in [0.29, 0.717) is 40.6 Å². The van der Waals surface area contributed by atoms with Gasteiger partial charge in [-0.25, -0.2) is 0 Å². The van der Waals surface area contributed by atoms with Crippen LogP contribution in [-0.2, 0) is 20.8 Å². The second-order valence-electron chi connectivity index (χ2n) is 7.50. The number of anilines is 2. The predicted molar refractivity (Wildman–Crippen MR) is 122 cm³/mol. The minimum Gasteiger partial charge on any atom is -0.378 e. The van der Waals surface area contributed by atoms with Gasteiger partial charge in [0, 0.05) is 24.7 Å². The SMILES string of the molecule is CC(Sc1nnc(N2CCOCC2)n1CC1CCCO1)C(=O)Nc1cc(Cl)ccc1Cl. The molecule has 1 aromatic carbocycles. The van der Waals surface area contributed by atoms with Crippen molar-refractivity contribution in [2.45, 2.75) is 42.8 Å². The predicted octanol–water partition coefficient (Wildman–Crippen LogP) is 3.72. The van der Waals surface area contributed by atoms with Crippen LogP contribution in [0.2, 0.25) is 10.0 Å². The summed E-state index contributed by atoms with van der Waals surface area (Å²) >= 11 is 13.6. The first-order chi connectivity index (χ1) is 15.0. The Kier molecular flexibility index (Phi) is 7.60. The summed E-state index contributed by atoms with van der Waals surface area (Å²) < 4.78 is 13.4. The molecule has 0 aliphatic carbocycles. The van der Waals surface area contributed by atoms with E-state index in [1.165, 1.54) is 11.8 Å². The number of nitrogens with zero attached hydrogens (tertiary/aromatic N) is 4. The van der Waals surface area contributed by atoms with Gasteiger partial charge >= 0.3 is 0 Å². The molecule has 2 saturated heterocycles. The average Bonchev–Trinajstić information content (AvgIpc) is 3.42. The highest BCUT2D eigenvalue weighted by molar-refractivity contribution is 8.00. The zero-order valence-corrected chi connectivity index (χ0v) is 19.5. The summed E-state index contributed by atoms with van der Waals surface area (Å²) in [7, 11) is 0. The molecule has 1 aromatic heterocycles. The molecule has 168 valence electrons. The van der Waals surface area contributed by atoms with Crippen LogP contribution >= 0.6 is 35.0 Å². The Morgan fingerprint density at radius 3 is 2.84 bits per heavy atom. The van der Waals surface area contributed by atoms with Gasteiger partial charge in [0.1, 0.15) is 0 Å². The van der Waals surface area contributed by atoms with E-state index in [4.69, 9.17) is 32.7 Å². The van der Waals surface area contributed by atoms with Crippen LogP contribution in [0.1, 0.15) is 19.8 Å². The van der Waals surface area contributed by atoms with E-state index in [9.17, 15) is 4.79 Å². The fraction of sp³-hybridized carbons (Fsp3) is 0.550. The van der Waals surface area contributed by atoms with Crippen molar-refractivity contribution in [2.75, 3.05) is 43.1 Å². The van der Waals surface area contributed by atoms with Crippen molar-refractivity contribution in [1.82, 2.24) is 14.8 Å². The Bertz CT molecular complexity index is 916. The van der Waals surface area contributed by atoms with Crippen molar-refractivity contribution < 1.29 is 14.3 Å². The van der Waals surface area contributed by atoms with E-state index in [2.05, 4.69) is 25.0 Å². The van der Waals surface area contributed by atoms with Gasteiger partial charge in [0.05, 0.1) is 41.8 Å². The van der Waals surface area contributed by atoms with Crippen molar-refractivity contribution >= 4 is 52.5 Å². The van der Waals surface area contributed by atoms with Gasteiger partial charge in [0.2, 0.25) is 11.9 Å². The molecule has 0 radical (unpaired) electrons. The molecule has 4 rings (SSSR count). The molecule has 0 saturated carbocycles. The minimum absolute atomic E-state index is 0.129. The molecule has 2 aromatic rings. The molecule has 2 aliphatic rings. The maximum absolute atomic E-state index is 12.8. The highest BCUT2D eigenvalue weighted by Gasteiger charge is 2.27. The monoisotopic (exact) mass is 485 g/mol. The summed E-state index contributed by atoms with van der Waals surface area (Å²) in [4.78, 5) is 15.0. The van der Waals surface area contributed by atoms with Crippen LogP contribution in [-0.4, -0.2) is 64.9 Å². The molecule has 2 atom stereocenters. The number of carbonyl (C=O) groups excluding carboxylic acids is 1. The summed E-state index contributed by atoms with van der Waals surface area (Å²) in [6.45, 7) is 6.12. The van der Waals surface area contributed by atoms with Crippen molar-refractivity contribution in [3.63, 3.8) is 0 Å². The van der Waals surface area contributed by atoms with Gasteiger partial charge in [-0.1, -0.05) is 35.0 Å². The topological polar surface area (TPSA) is 81.5 Å². The molecule has 1 amide bonds. The maximum Gasteiger partial charge on any atom is 0.237 e. The van der Waals surface area contributed by atoms with Gasteiger partial charge in [-0.05, 0) is 38.0 Å². The number of halogens is 2. The van der Waals surface area contributed by atoms with E-state index < -0.39 is 5.25 Å². The van der Waals surface area contributed by atoms with Crippen LogP contribution in [0.4, 0.5) is 11.6 Å². The number of hydrogen-bond donors (Lipinski definition) is 1. The van der Waals surface area contributed by atoms with Crippen LogP contribution in [0.5, 0.6) is 0 Å². The van der Waals surface area contributed by atoms with Crippen LogP contribution in [0.15, 0.2) is 23.4 Å². The molecule has 2 aliphatic heterocycles. The molecule has 8 nitrogen and oxygen atoms in total. The largest absolute Gasteiger partial charge is 0.378 e. The van der Waals surface area contributed by atoms with Gasteiger partial charge < -0.3 is 19.7 Å². The van der Waals surface area contributed by atoms with Crippen LogP contribution in [0.25, 0.3) is 0 Å². The fourth-order valence-electron chi connectivity index (χ4n) is 3.56. The van der Waals surface area contributed by atoms with Crippen molar-refractivity contribution in [1.29, 1.82) is 0 Å². The molecular formula is C20H25Cl2N5O3S. The first-order valence-electron chi connectivity index (χ1n) is 10.3. The van der Waals surface area contributed by atoms with E-state index in [-0.39, 0.29) is 12.0 Å². The Hall–Kier alpha value is -1.52. The van der Waals surface area contributed by atoms with E-state index in [1.807, 2.05) is 6.92 Å². The standard InChI is InChI=1S/C20H25Cl2N5O3S/c1-13(18(28)23-17-11-14(21)4-5-16(17)22)31-20-25-24-19(26-6-9-29-10-7-26)27(20)12-15-3-2-8-30-15/h4-5,11,13,15H,2-3,6-10,12H2,1H3,(H,23,28). The number of morpholine rings is 1. The summed E-state index contributed by atoms with van der Waals surface area (Å²) in [6.07, 6.45) is 2.19. The Balaban J connectivity index is 1.50. The summed E-state index contributed by atoms with van der Waals surface area (Å²) in [5.74, 6) is 0.612. The lowest BCUT2D eigenvalue weighted by atomic mass is 10.2. The number of carbonyl (C=O) groups is 1. The Morgan fingerprint density at radius 1 is 1.29 bits per heavy atom. The lowest BCUT2D eigenvalue weighted by Gasteiger charge is -2.28. The molecule has 2 unspecified atom stereocenters. The summed E-state index contributed by atoms with van der Waals surface area (Å²) in [5, 5.41) is 12.9. The molecule has 2 fully saturated rings. The van der Waals surface area contributed by atoms with E-state index in [0.717, 1.165) is 38.5 Å². The normalized spacial score (nSPS) is 20.1. The fourth-order valence-corrected chi connectivity index (χ4v) is 4.75.